The zero-order chi connectivity index (χ0) is 17.5. The molecule has 0 aliphatic rings. The highest BCUT2D eigenvalue weighted by Gasteiger charge is 2.15. The van der Waals surface area contributed by atoms with E-state index in [9.17, 15) is 0 Å². The Morgan fingerprint density at radius 2 is 1.29 bits per heavy atom. The minimum atomic E-state index is 0.141. The number of hydrogen-bond donors (Lipinski definition) is 1. The number of benzene rings is 2. The molecule has 24 heavy (non-hydrogen) atoms. The Kier molecular flexibility index (Phi) is 3.95. The van der Waals surface area contributed by atoms with Crippen LogP contribution in [0.15, 0.2) is 52.9 Å². The summed E-state index contributed by atoms with van der Waals surface area (Å²) in [4.78, 5) is 0. The molecular formula is C22H27NO. The normalized spacial score (nSPS) is 12.6. The highest BCUT2D eigenvalue weighted by Crippen LogP contribution is 2.31. The van der Waals surface area contributed by atoms with Crippen molar-refractivity contribution in [3.05, 3.63) is 59.7 Å². The molecule has 2 nitrogen and oxygen atoms in total. The molecule has 0 saturated heterocycles. The predicted octanol–water partition coefficient (Wildman–Crippen LogP) is 6.77. The Morgan fingerprint density at radius 1 is 0.708 bits per heavy atom. The lowest BCUT2D eigenvalue weighted by molar-refractivity contribution is 0.590. The molecule has 0 bridgehead atoms. The number of nitrogens with one attached hydrogen (secondary N) is 1. The van der Waals surface area contributed by atoms with Gasteiger partial charge in [0, 0.05) is 17.1 Å². The van der Waals surface area contributed by atoms with Crippen LogP contribution in [0.5, 0.6) is 0 Å². The van der Waals surface area contributed by atoms with Gasteiger partial charge >= 0.3 is 0 Å². The minimum absolute atomic E-state index is 0.141. The molecule has 0 radical (unpaired) electrons. The fourth-order valence-corrected chi connectivity index (χ4v) is 2.77. The number of hydrogen-bond acceptors (Lipinski definition) is 2. The van der Waals surface area contributed by atoms with Crippen molar-refractivity contribution in [1.29, 1.82) is 0 Å². The Hall–Kier alpha value is -2.22. The summed E-state index contributed by atoms with van der Waals surface area (Å²) in [5.74, 6) is 0.777. The standard InChI is InChI=1S/C22H27NO/c1-21(2,3)16-7-10-18(11-8-16)23-20-14-15-13-17(22(4,5)6)9-12-19(15)24-20/h7-14,23H,1-6H3. The van der Waals surface area contributed by atoms with Gasteiger partial charge in [-0.25, -0.2) is 0 Å². The molecule has 0 atom stereocenters. The molecule has 2 aromatic carbocycles. The maximum atomic E-state index is 5.93. The van der Waals surface area contributed by atoms with Crippen molar-refractivity contribution in [2.24, 2.45) is 0 Å². The lowest BCUT2D eigenvalue weighted by Crippen LogP contribution is -2.10. The maximum absolute atomic E-state index is 5.93. The van der Waals surface area contributed by atoms with Crippen molar-refractivity contribution in [3.63, 3.8) is 0 Å². The zero-order valence-corrected chi connectivity index (χ0v) is 15.5. The van der Waals surface area contributed by atoms with E-state index in [1.807, 2.05) is 0 Å². The van der Waals surface area contributed by atoms with Crippen LogP contribution in [0.25, 0.3) is 11.0 Å². The molecule has 0 unspecified atom stereocenters. The molecule has 0 saturated carbocycles. The van der Waals surface area contributed by atoms with Crippen LogP contribution in [0.2, 0.25) is 0 Å². The number of fused-ring (bicyclic) bond motifs is 1. The lowest BCUT2D eigenvalue weighted by atomic mass is 9.86. The van der Waals surface area contributed by atoms with Crippen LogP contribution < -0.4 is 5.32 Å². The molecule has 0 spiro atoms. The SMILES string of the molecule is CC(C)(C)c1ccc(Nc2cc3cc(C(C)(C)C)ccc3o2)cc1. The minimum Gasteiger partial charge on any atom is -0.440 e. The highest BCUT2D eigenvalue weighted by atomic mass is 16.3. The average molecular weight is 321 g/mol. The summed E-state index contributed by atoms with van der Waals surface area (Å²) in [6.07, 6.45) is 0. The van der Waals surface area contributed by atoms with Gasteiger partial charge in [0.05, 0.1) is 0 Å². The average Bonchev–Trinajstić information content (AvgIpc) is 2.87. The summed E-state index contributed by atoms with van der Waals surface area (Å²) in [5.41, 5.74) is 4.91. The second-order valence-corrected chi connectivity index (χ2v) is 8.57. The largest absolute Gasteiger partial charge is 0.440 e. The van der Waals surface area contributed by atoms with Gasteiger partial charge in [0.1, 0.15) is 5.58 Å². The third kappa shape index (κ3) is 3.48. The third-order valence-corrected chi connectivity index (χ3v) is 4.40. The third-order valence-electron chi connectivity index (χ3n) is 4.40. The van der Waals surface area contributed by atoms with Crippen molar-refractivity contribution in [3.8, 4) is 0 Å². The van der Waals surface area contributed by atoms with Gasteiger partial charge in [-0.2, -0.15) is 0 Å². The highest BCUT2D eigenvalue weighted by molar-refractivity contribution is 5.82. The van der Waals surface area contributed by atoms with Crippen molar-refractivity contribution in [2.45, 2.75) is 52.4 Å². The summed E-state index contributed by atoms with van der Waals surface area (Å²) < 4.78 is 5.93. The first-order chi connectivity index (χ1) is 11.1. The van der Waals surface area contributed by atoms with Gasteiger partial charge in [-0.15, -0.1) is 0 Å². The van der Waals surface area contributed by atoms with E-state index in [0.717, 1.165) is 22.5 Å². The quantitative estimate of drug-likeness (QED) is 0.563. The first-order valence-corrected chi connectivity index (χ1v) is 8.54. The van der Waals surface area contributed by atoms with Crippen LogP contribution in [0, 0.1) is 0 Å². The fraction of sp³-hybridized carbons (Fsp3) is 0.364. The van der Waals surface area contributed by atoms with Crippen LogP contribution in [0.3, 0.4) is 0 Å². The molecule has 126 valence electrons. The smallest absolute Gasteiger partial charge is 0.198 e. The number of anilines is 2. The topological polar surface area (TPSA) is 25.2 Å². The van der Waals surface area contributed by atoms with E-state index in [0.29, 0.717) is 0 Å². The second kappa shape index (κ2) is 5.70. The fourth-order valence-electron chi connectivity index (χ4n) is 2.77. The summed E-state index contributed by atoms with van der Waals surface area (Å²) in [6.45, 7) is 13.4. The van der Waals surface area contributed by atoms with Gasteiger partial charge in [-0.3, -0.25) is 0 Å². The maximum Gasteiger partial charge on any atom is 0.198 e. The van der Waals surface area contributed by atoms with Crippen molar-refractivity contribution in [2.75, 3.05) is 5.32 Å². The summed E-state index contributed by atoms with van der Waals surface area (Å²) in [6, 6.07) is 17.0. The van der Waals surface area contributed by atoms with Crippen LogP contribution >= 0.6 is 0 Å². The number of furan rings is 1. The van der Waals surface area contributed by atoms with Gasteiger partial charge < -0.3 is 9.73 Å². The molecule has 1 aromatic heterocycles. The van der Waals surface area contributed by atoms with E-state index in [2.05, 4.69) is 95.4 Å². The van der Waals surface area contributed by atoms with Gasteiger partial charge in [0.2, 0.25) is 0 Å². The Bertz CT molecular complexity index is 842. The molecule has 2 heteroatoms. The summed E-state index contributed by atoms with van der Waals surface area (Å²) in [5, 5.41) is 4.50. The van der Waals surface area contributed by atoms with Crippen molar-refractivity contribution in [1.82, 2.24) is 0 Å². The predicted molar refractivity (Wildman–Crippen MR) is 103 cm³/mol. The van der Waals surface area contributed by atoms with Crippen LogP contribution in [0.4, 0.5) is 11.6 Å². The first kappa shape index (κ1) is 16.6. The van der Waals surface area contributed by atoms with E-state index in [1.165, 1.54) is 11.1 Å². The molecule has 0 amide bonds. The Balaban J connectivity index is 1.85. The summed E-state index contributed by atoms with van der Waals surface area (Å²) in [7, 11) is 0. The van der Waals surface area contributed by atoms with Gasteiger partial charge in [-0.05, 0) is 46.2 Å². The van der Waals surface area contributed by atoms with Crippen LogP contribution in [-0.2, 0) is 10.8 Å². The molecule has 1 heterocycles. The van der Waals surface area contributed by atoms with Gasteiger partial charge in [0.25, 0.3) is 0 Å². The van der Waals surface area contributed by atoms with Crippen molar-refractivity contribution < 1.29 is 4.42 Å². The Labute approximate surface area is 144 Å². The van der Waals surface area contributed by atoms with Gasteiger partial charge in [0.15, 0.2) is 5.88 Å². The molecular weight excluding hydrogens is 294 g/mol. The first-order valence-electron chi connectivity index (χ1n) is 8.54. The molecule has 0 aliphatic heterocycles. The monoisotopic (exact) mass is 321 g/mol. The van der Waals surface area contributed by atoms with Crippen LogP contribution in [0.1, 0.15) is 52.7 Å². The lowest BCUT2D eigenvalue weighted by Gasteiger charge is -2.19. The second-order valence-electron chi connectivity index (χ2n) is 8.57. The molecule has 0 aliphatic carbocycles. The zero-order valence-electron chi connectivity index (χ0n) is 15.5. The van der Waals surface area contributed by atoms with E-state index in [-0.39, 0.29) is 10.8 Å². The molecule has 1 N–H and O–H groups in total. The molecule has 3 rings (SSSR count). The Morgan fingerprint density at radius 3 is 1.88 bits per heavy atom. The van der Waals surface area contributed by atoms with E-state index < -0.39 is 0 Å². The van der Waals surface area contributed by atoms with E-state index in [4.69, 9.17) is 4.42 Å². The number of rotatable bonds is 2. The van der Waals surface area contributed by atoms with E-state index in [1.54, 1.807) is 0 Å². The molecule has 0 fully saturated rings. The van der Waals surface area contributed by atoms with Crippen LogP contribution in [-0.4, -0.2) is 0 Å². The summed E-state index contributed by atoms with van der Waals surface area (Å²) >= 11 is 0. The van der Waals surface area contributed by atoms with Gasteiger partial charge in [-0.1, -0.05) is 59.7 Å². The molecule has 3 aromatic rings. The van der Waals surface area contributed by atoms with E-state index >= 15 is 0 Å². The van der Waals surface area contributed by atoms with Crippen molar-refractivity contribution >= 4 is 22.5 Å².